The predicted molar refractivity (Wildman–Crippen MR) is 152 cm³/mol. The molecule has 2 heterocycles. The van der Waals surface area contributed by atoms with Crippen LogP contribution in [0.2, 0.25) is 5.02 Å². The van der Waals surface area contributed by atoms with Crippen LogP contribution in [0.5, 0.6) is 0 Å². The Morgan fingerprint density at radius 3 is 2.11 bits per heavy atom. The minimum absolute atomic E-state index is 0.0191. The number of hydrogen-bond donors (Lipinski definition) is 1. The third kappa shape index (κ3) is 6.16. The summed E-state index contributed by atoms with van der Waals surface area (Å²) >= 11 is 6.16. The largest absolute Gasteiger partial charge is 0.390 e. The summed E-state index contributed by atoms with van der Waals surface area (Å²) in [4.78, 5) is 29.7. The molecule has 1 saturated heterocycles. The van der Waals surface area contributed by atoms with Crippen molar-refractivity contribution < 1.29 is 9.90 Å². The Bertz CT molecular complexity index is 1390. The Kier molecular flexibility index (Phi) is 8.23. The fourth-order valence-electron chi connectivity index (χ4n) is 5.30. The van der Waals surface area contributed by atoms with E-state index in [-0.39, 0.29) is 17.3 Å². The smallest absolute Gasteiger partial charge is 0.223 e. The molecule has 1 N–H and O–H groups in total. The Hall–Kier alpha value is -3.45. The number of carbonyl (C=O) groups is 1. The Labute approximate surface area is 227 Å². The molecule has 1 aromatic heterocycles. The summed E-state index contributed by atoms with van der Waals surface area (Å²) in [5.74, 6) is 0.171. The van der Waals surface area contributed by atoms with E-state index >= 15 is 0 Å². The first kappa shape index (κ1) is 26.2. The molecule has 38 heavy (non-hydrogen) atoms. The van der Waals surface area contributed by atoms with Crippen molar-refractivity contribution in [1.82, 2.24) is 14.4 Å². The van der Waals surface area contributed by atoms with Gasteiger partial charge in [-0.05, 0) is 29.3 Å². The van der Waals surface area contributed by atoms with Gasteiger partial charge in [0.25, 0.3) is 0 Å². The Morgan fingerprint density at radius 2 is 1.47 bits per heavy atom. The van der Waals surface area contributed by atoms with Crippen LogP contribution in [-0.4, -0.2) is 64.2 Å². The van der Waals surface area contributed by atoms with E-state index in [1.54, 1.807) is 24.4 Å². The zero-order valence-corrected chi connectivity index (χ0v) is 22.0. The molecule has 1 fully saturated rings. The average Bonchev–Trinajstić information content (AvgIpc) is 2.94. The molecule has 196 valence electrons. The zero-order valence-electron chi connectivity index (χ0n) is 21.2. The number of hydrogen-bond acceptors (Lipinski definition) is 4. The first-order valence-electron chi connectivity index (χ1n) is 13.0. The van der Waals surface area contributed by atoms with E-state index < -0.39 is 6.10 Å². The van der Waals surface area contributed by atoms with Crippen LogP contribution >= 0.6 is 11.6 Å². The molecule has 0 spiro atoms. The van der Waals surface area contributed by atoms with Crippen molar-refractivity contribution in [2.45, 2.75) is 25.0 Å². The Balaban J connectivity index is 1.18. The number of pyridine rings is 1. The van der Waals surface area contributed by atoms with Crippen LogP contribution in [0.25, 0.3) is 10.9 Å². The average molecular weight is 530 g/mol. The number of piperazine rings is 1. The lowest BCUT2D eigenvalue weighted by Gasteiger charge is -2.36. The highest BCUT2D eigenvalue weighted by atomic mass is 35.5. The lowest BCUT2D eigenvalue weighted by atomic mass is 9.88. The van der Waals surface area contributed by atoms with E-state index in [4.69, 9.17) is 11.6 Å². The van der Waals surface area contributed by atoms with Crippen molar-refractivity contribution in [3.05, 3.63) is 117 Å². The van der Waals surface area contributed by atoms with Gasteiger partial charge < -0.3 is 14.6 Å². The lowest BCUT2D eigenvalue weighted by molar-refractivity contribution is -0.133. The number of aliphatic hydroxyl groups excluding tert-OH is 1. The van der Waals surface area contributed by atoms with Gasteiger partial charge in [-0.15, -0.1) is 0 Å². The molecule has 6 nitrogen and oxygen atoms in total. The van der Waals surface area contributed by atoms with Gasteiger partial charge in [-0.2, -0.15) is 0 Å². The van der Waals surface area contributed by atoms with E-state index in [1.165, 1.54) is 6.07 Å². The van der Waals surface area contributed by atoms with Crippen LogP contribution in [0.4, 0.5) is 0 Å². The fourth-order valence-corrected chi connectivity index (χ4v) is 5.47. The Morgan fingerprint density at radius 1 is 0.842 bits per heavy atom. The molecule has 0 radical (unpaired) electrons. The maximum Gasteiger partial charge on any atom is 0.223 e. The van der Waals surface area contributed by atoms with Crippen LogP contribution in [0.3, 0.4) is 0 Å². The van der Waals surface area contributed by atoms with Gasteiger partial charge in [0.2, 0.25) is 5.91 Å². The number of β-amino-alcohol motifs (C(OH)–C–C–N with tert-alkyl or cyclic N) is 1. The third-order valence-electron chi connectivity index (χ3n) is 7.32. The summed E-state index contributed by atoms with van der Waals surface area (Å²) < 4.78 is 1.88. The first-order valence-corrected chi connectivity index (χ1v) is 13.4. The number of amides is 1. The van der Waals surface area contributed by atoms with Crippen molar-refractivity contribution in [3.8, 4) is 0 Å². The number of fused-ring (bicyclic) bond motifs is 1. The minimum Gasteiger partial charge on any atom is -0.390 e. The monoisotopic (exact) mass is 529 g/mol. The van der Waals surface area contributed by atoms with Crippen LogP contribution in [0, 0.1) is 0 Å². The summed E-state index contributed by atoms with van der Waals surface area (Å²) in [6.07, 6.45) is 1.51. The molecule has 7 heteroatoms. The number of nitrogens with zero attached hydrogens (tertiary/aromatic N) is 3. The summed E-state index contributed by atoms with van der Waals surface area (Å²) in [6, 6.07) is 27.1. The summed E-state index contributed by atoms with van der Waals surface area (Å²) in [7, 11) is 0. The second-order valence-corrected chi connectivity index (χ2v) is 10.3. The summed E-state index contributed by atoms with van der Waals surface area (Å²) in [6.45, 7) is 3.54. The molecule has 0 aliphatic carbocycles. The first-order chi connectivity index (χ1) is 18.5. The standard InChI is InChI=1S/C31H32ClN3O3/c32-25-11-12-27-29(19-25)35(14-13-30(27)37)22-26(36)21-33-15-17-34(18-16-33)31(38)20-28(23-7-3-1-4-8-23)24-9-5-2-6-10-24/h1-14,19,26,28,36H,15-18,20-22H2. The summed E-state index contributed by atoms with van der Waals surface area (Å²) in [5, 5.41) is 12.0. The molecule has 4 aromatic rings. The molecule has 1 aliphatic rings. The van der Waals surface area contributed by atoms with Crippen LogP contribution < -0.4 is 5.43 Å². The highest BCUT2D eigenvalue weighted by Crippen LogP contribution is 2.29. The number of halogens is 1. The highest BCUT2D eigenvalue weighted by Gasteiger charge is 2.26. The molecule has 1 unspecified atom stereocenters. The lowest BCUT2D eigenvalue weighted by Crippen LogP contribution is -2.51. The SMILES string of the molecule is O=C(CC(c1ccccc1)c1ccccc1)N1CCN(CC(O)Cn2ccc(=O)c3ccc(Cl)cc32)CC1. The van der Waals surface area contributed by atoms with Crippen molar-refractivity contribution in [3.63, 3.8) is 0 Å². The van der Waals surface area contributed by atoms with Gasteiger partial charge >= 0.3 is 0 Å². The third-order valence-corrected chi connectivity index (χ3v) is 7.56. The highest BCUT2D eigenvalue weighted by molar-refractivity contribution is 6.31. The topological polar surface area (TPSA) is 65.8 Å². The molecule has 0 saturated carbocycles. The molecule has 5 rings (SSSR count). The zero-order chi connectivity index (χ0) is 26.5. The molecule has 1 amide bonds. The van der Waals surface area contributed by atoms with E-state index in [2.05, 4.69) is 29.2 Å². The normalized spacial score (nSPS) is 15.2. The van der Waals surface area contributed by atoms with Gasteiger partial charge in [0, 0.05) is 74.3 Å². The molecular weight excluding hydrogens is 498 g/mol. The quantitative estimate of drug-likeness (QED) is 0.368. The van der Waals surface area contributed by atoms with Crippen LogP contribution in [-0.2, 0) is 11.3 Å². The fraction of sp³-hybridized carbons (Fsp3) is 0.290. The molecule has 3 aromatic carbocycles. The molecular formula is C31H32ClN3O3. The maximum atomic E-state index is 13.3. The van der Waals surface area contributed by atoms with Gasteiger partial charge in [0.1, 0.15) is 0 Å². The number of benzene rings is 3. The van der Waals surface area contributed by atoms with Gasteiger partial charge in [0.05, 0.1) is 11.6 Å². The van der Waals surface area contributed by atoms with Gasteiger partial charge in [-0.25, -0.2) is 0 Å². The van der Waals surface area contributed by atoms with E-state index in [0.717, 1.165) is 11.1 Å². The minimum atomic E-state index is -0.623. The van der Waals surface area contributed by atoms with Crippen molar-refractivity contribution >= 4 is 28.4 Å². The second-order valence-electron chi connectivity index (χ2n) is 9.91. The number of rotatable bonds is 8. The van der Waals surface area contributed by atoms with Crippen molar-refractivity contribution in [2.75, 3.05) is 32.7 Å². The summed E-state index contributed by atoms with van der Waals surface area (Å²) in [5.41, 5.74) is 2.94. The molecule has 1 aliphatic heterocycles. The van der Waals surface area contributed by atoms with Crippen molar-refractivity contribution in [2.24, 2.45) is 0 Å². The molecule has 1 atom stereocenters. The van der Waals surface area contributed by atoms with Gasteiger partial charge in [-0.1, -0.05) is 72.3 Å². The number of carbonyl (C=O) groups excluding carboxylic acids is 1. The van der Waals surface area contributed by atoms with Crippen LogP contribution in [0.15, 0.2) is 95.9 Å². The number of aromatic nitrogens is 1. The maximum absolute atomic E-state index is 13.3. The molecule has 0 bridgehead atoms. The van der Waals surface area contributed by atoms with E-state index in [9.17, 15) is 14.7 Å². The predicted octanol–water partition coefficient (Wildman–Crippen LogP) is 4.38. The van der Waals surface area contributed by atoms with E-state index in [0.29, 0.717) is 61.6 Å². The van der Waals surface area contributed by atoms with Crippen molar-refractivity contribution in [1.29, 1.82) is 0 Å². The van der Waals surface area contributed by atoms with Gasteiger partial charge in [0.15, 0.2) is 5.43 Å². The van der Waals surface area contributed by atoms with E-state index in [1.807, 2.05) is 45.9 Å². The second kappa shape index (κ2) is 11.9. The van der Waals surface area contributed by atoms with Crippen LogP contribution in [0.1, 0.15) is 23.5 Å². The number of aliphatic hydroxyl groups is 1. The van der Waals surface area contributed by atoms with Gasteiger partial charge in [-0.3, -0.25) is 14.5 Å².